The molecular formula is C31H33N7O2. The highest BCUT2D eigenvalue weighted by Gasteiger charge is 2.24. The summed E-state index contributed by atoms with van der Waals surface area (Å²) in [6.45, 7) is 7.85. The number of carbonyl (C=O) groups is 1. The molecule has 1 N–H and O–H groups in total. The van der Waals surface area contributed by atoms with E-state index in [4.69, 9.17) is 10.1 Å². The van der Waals surface area contributed by atoms with Crippen LogP contribution in [-0.2, 0) is 0 Å². The molecule has 0 aliphatic carbocycles. The summed E-state index contributed by atoms with van der Waals surface area (Å²) in [6, 6.07) is 16.2. The molecule has 3 aromatic heterocycles. The normalized spacial score (nSPS) is 16.1. The summed E-state index contributed by atoms with van der Waals surface area (Å²) in [5, 5.41) is 25.1. The van der Waals surface area contributed by atoms with Gasteiger partial charge in [-0.25, -0.2) is 19.4 Å². The van der Waals surface area contributed by atoms with Crippen LogP contribution in [0.15, 0.2) is 48.7 Å². The third-order valence-corrected chi connectivity index (χ3v) is 8.04. The molecule has 0 spiro atoms. The fourth-order valence-electron chi connectivity index (χ4n) is 5.83. The molecule has 9 heteroatoms. The van der Waals surface area contributed by atoms with Crippen LogP contribution in [0.5, 0.6) is 0 Å². The van der Waals surface area contributed by atoms with E-state index >= 15 is 0 Å². The Morgan fingerprint density at radius 3 is 2.42 bits per heavy atom. The number of piperidine rings is 1. The van der Waals surface area contributed by atoms with Crippen molar-refractivity contribution in [3.8, 4) is 22.9 Å². The van der Waals surface area contributed by atoms with Crippen LogP contribution in [0.2, 0.25) is 0 Å². The molecule has 0 unspecified atom stereocenters. The third kappa shape index (κ3) is 4.75. The van der Waals surface area contributed by atoms with E-state index in [9.17, 15) is 15.2 Å². The molecule has 2 aliphatic rings. The van der Waals surface area contributed by atoms with Crippen molar-refractivity contribution in [2.24, 2.45) is 5.92 Å². The maximum atomic E-state index is 12.2. The van der Waals surface area contributed by atoms with E-state index in [2.05, 4.69) is 46.8 Å². The van der Waals surface area contributed by atoms with Crippen molar-refractivity contribution in [1.82, 2.24) is 19.7 Å². The van der Waals surface area contributed by atoms with Gasteiger partial charge in [0.25, 0.3) is 0 Å². The maximum absolute atomic E-state index is 12.2. The Morgan fingerprint density at radius 1 is 1.02 bits per heavy atom. The first-order valence-corrected chi connectivity index (χ1v) is 14.1. The van der Waals surface area contributed by atoms with E-state index in [-0.39, 0.29) is 17.5 Å². The zero-order chi connectivity index (χ0) is 27.8. The van der Waals surface area contributed by atoms with Gasteiger partial charge in [-0.15, -0.1) is 0 Å². The van der Waals surface area contributed by atoms with Crippen LogP contribution in [0.1, 0.15) is 61.6 Å². The van der Waals surface area contributed by atoms with Gasteiger partial charge in [0.1, 0.15) is 5.82 Å². The number of nitrogens with zero attached hydrogens (tertiary/aromatic N) is 7. The smallest absolute Gasteiger partial charge is 0.354 e. The Labute approximate surface area is 233 Å². The summed E-state index contributed by atoms with van der Waals surface area (Å²) in [6.07, 6.45) is 5.85. The lowest BCUT2D eigenvalue weighted by Crippen LogP contribution is -2.33. The molecule has 204 valence electrons. The predicted octanol–water partition coefficient (Wildman–Crippen LogP) is 5.64. The van der Waals surface area contributed by atoms with Gasteiger partial charge < -0.3 is 14.9 Å². The van der Waals surface area contributed by atoms with E-state index in [1.165, 1.54) is 12.8 Å². The second-order valence-electron chi connectivity index (χ2n) is 11.0. The SMILES string of the molecule is CC(C)c1nn(-c2cccc(N3CCCC3)c2)c2nc(C(=O)O)cc(-c3ccc(N4CCC(C#N)CC4)nc3)c12. The number of rotatable bonds is 6. The number of pyridine rings is 2. The van der Waals surface area contributed by atoms with E-state index in [1.807, 2.05) is 30.5 Å². The fraction of sp³-hybridized carbons (Fsp3) is 0.387. The predicted molar refractivity (Wildman–Crippen MR) is 155 cm³/mol. The van der Waals surface area contributed by atoms with Crippen LogP contribution in [-0.4, -0.2) is 57.0 Å². The van der Waals surface area contributed by atoms with Crippen LogP contribution < -0.4 is 9.80 Å². The van der Waals surface area contributed by atoms with Crippen molar-refractivity contribution in [1.29, 1.82) is 5.26 Å². The fourth-order valence-corrected chi connectivity index (χ4v) is 5.83. The maximum Gasteiger partial charge on any atom is 0.354 e. The molecule has 2 aliphatic heterocycles. The number of carboxylic acids is 1. The molecule has 9 nitrogen and oxygen atoms in total. The standard InChI is InChI=1S/C31H33N7O2/c1-20(2)29-28-25(22-8-9-27(33-19-22)37-14-10-21(18-32)11-15-37)17-26(31(39)40)34-30(28)38(35-29)24-7-5-6-23(16-24)36-12-3-4-13-36/h5-9,16-17,19-21H,3-4,10-15H2,1-2H3,(H,39,40). The first kappa shape index (κ1) is 25.8. The largest absolute Gasteiger partial charge is 0.477 e. The molecule has 1 aromatic carbocycles. The highest BCUT2D eigenvalue weighted by molar-refractivity contribution is 6.00. The Morgan fingerprint density at radius 2 is 1.77 bits per heavy atom. The van der Waals surface area contributed by atoms with Crippen LogP contribution in [0.25, 0.3) is 27.8 Å². The Bertz CT molecular complexity index is 1590. The molecule has 6 rings (SSSR count). The quantitative estimate of drug-likeness (QED) is 0.337. The van der Waals surface area contributed by atoms with Crippen LogP contribution in [0, 0.1) is 17.2 Å². The molecular weight excluding hydrogens is 502 g/mol. The molecule has 0 saturated carbocycles. The van der Waals surface area contributed by atoms with Crippen molar-refractivity contribution >= 4 is 28.5 Å². The molecule has 0 radical (unpaired) electrons. The second kappa shape index (κ2) is 10.6. The summed E-state index contributed by atoms with van der Waals surface area (Å²) >= 11 is 0. The Kier molecular flexibility index (Phi) is 6.84. The van der Waals surface area contributed by atoms with Crippen molar-refractivity contribution in [3.05, 3.63) is 60.0 Å². The molecule has 0 amide bonds. The van der Waals surface area contributed by atoms with Crippen molar-refractivity contribution < 1.29 is 9.90 Å². The molecule has 5 heterocycles. The van der Waals surface area contributed by atoms with Crippen molar-refractivity contribution in [2.45, 2.75) is 45.4 Å². The molecule has 2 fully saturated rings. The number of anilines is 2. The number of aromatic carboxylic acids is 1. The van der Waals surface area contributed by atoms with Crippen LogP contribution >= 0.6 is 0 Å². The van der Waals surface area contributed by atoms with Crippen LogP contribution in [0.4, 0.5) is 11.5 Å². The van der Waals surface area contributed by atoms with Gasteiger partial charge in [0.15, 0.2) is 11.3 Å². The first-order chi connectivity index (χ1) is 19.4. The highest BCUT2D eigenvalue weighted by Crippen LogP contribution is 2.36. The van der Waals surface area contributed by atoms with Gasteiger partial charge in [-0.3, -0.25) is 0 Å². The van der Waals surface area contributed by atoms with Gasteiger partial charge in [-0.05, 0) is 73.6 Å². The lowest BCUT2D eigenvalue weighted by Gasteiger charge is -2.30. The number of benzene rings is 1. The molecule has 2 saturated heterocycles. The summed E-state index contributed by atoms with van der Waals surface area (Å²) in [5.74, 6) is -0.0207. The number of nitriles is 1. The lowest BCUT2D eigenvalue weighted by atomic mass is 9.97. The summed E-state index contributed by atoms with van der Waals surface area (Å²) < 4.78 is 1.79. The average molecular weight is 536 g/mol. The first-order valence-electron chi connectivity index (χ1n) is 14.1. The minimum atomic E-state index is -1.09. The molecule has 40 heavy (non-hydrogen) atoms. The number of hydrogen-bond donors (Lipinski definition) is 1. The number of carboxylic acid groups (broad SMARTS) is 1. The van der Waals surface area contributed by atoms with E-state index in [0.717, 1.165) is 78.4 Å². The van der Waals surface area contributed by atoms with Crippen molar-refractivity contribution in [2.75, 3.05) is 36.0 Å². The molecule has 0 bridgehead atoms. The van der Waals surface area contributed by atoms with Gasteiger partial charge in [0.2, 0.25) is 0 Å². The zero-order valence-electron chi connectivity index (χ0n) is 22.9. The van der Waals surface area contributed by atoms with Gasteiger partial charge in [0, 0.05) is 49.5 Å². The van der Waals surface area contributed by atoms with E-state index < -0.39 is 5.97 Å². The van der Waals surface area contributed by atoms with E-state index in [0.29, 0.717) is 5.65 Å². The third-order valence-electron chi connectivity index (χ3n) is 8.04. The van der Waals surface area contributed by atoms with Crippen LogP contribution in [0.3, 0.4) is 0 Å². The summed E-state index contributed by atoms with van der Waals surface area (Å²) in [4.78, 5) is 26.1. The minimum absolute atomic E-state index is 0.0303. The Hall–Kier alpha value is -4.45. The zero-order valence-corrected chi connectivity index (χ0v) is 22.9. The monoisotopic (exact) mass is 535 g/mol. The van der Waals surface area contributed by atoms with Crippen molar-refractivity contribution in [3.63, 3.8) is 0 Å². The number of fused-ring (bicyclic) bond motifs is 1. The van der Waals surface area contributed by atoms with Gasteiger partial charge >= 0.3 is 5.97 Å². The number of aromatic nitrogens is 4. The highest BCUT2D eigenvalue weighted by atomic mass is 16.4. The van der Waals surface area contributed by atoms with Gasteiger partial charge in [-0.2, -0.15) is 10.4 Å². The number of hydrogen-bond acceptors (Lipinski definition) is 7. The molecule has 4 aromatic rings. The minimum Gasteiger partial charge on any atom is -0.477 e. The topological polar surface area (TPSA) is 111 Å². The Balaban J connectivity index is 1.46. The van der Waals surface area contributed by atoms with Gasteiger partial charge in [-0.1, -0.05) is 19.9 Å². The summed E-state index contributed by atoms with van der Waals surface area (Å²) in [5.41, 5.74) is 4.93. The second-order valence-corrected chi connectivity index (χ2v) is 11.0. The summed E-state index contributed by atoms with van der Waals surface area (Å²) in [7, 11) is 0. The molecule has 0 atom stereocenters. The lowest BCUT2D eigenvalue weighted by molar-refractivity contribution is 0.0691. The van der Waals surface area contributed by atoms with Gasteiger partial charge in [0.05, 0.1) is 22.8 Å². The van der Waals surface area contributed by atoms with E-state index in [1.54, 1.807) is 10.7 Å². The average Bonchev–Trinajstić information content (AvgIpc) is 3.66.